The van der Waals surface area contributed by atoms with Crippen LogP contribution in [0.2, 0.25) is 0 Å². The van der Waals surface area contributed by atoms with E-state index in [1.54, 1.807) is 0 Å². The predicted molar refractivity (Wildman–Crippen MR) is 54.5 cm³/mol. The standard InChI is InChI=1S/C10H7F5N2O2/c11-6-2-1-4(3-5(6)7(16)18)17-9(19)10(14,15)8(12)13/h1-3,8H,(H2,16,18)(H,17,19). The number of hydrogen-bond donors (Lipinski definition) is 2. The Morgan fingerprint density at radius 1 is 1.26 bits per heavy atom. The molecule has 4 nitrogen and oxygen atoms in total. The summed E-state index contributed by atoms with van der Waals surface area (Å²) in [5, 5.41) is 1.44. The smallest absolute Gasteiger partial charge is 0.366 e. The third kappa shape index (κ3) is 3.18. The number of nitrogens with one attached hydrogen (secondary N) is 1. The minimum absolute atomic E-state index is 0.458. The van der Waals surface area contributed by atoms with Crippen molar-refractivity contribution in [3.63, 3.8) is 0 Å². The highest BCUT2D eigenvalue weighted by Gasteiger charge is 2.48. The van der Waals surface area contributed by atoms with Crippen LogP contribution < -0.4 is 11.1 Å². The Hall–Kier alpha value is -2.19. The van der Waals surface area contributed by atoms with Crippen molar-refractivity contribution in [3.8, 4) is 0 Å². The SMILES string of the molecule is NC(=O)c1cc(NC(=O)C(F)(F)C(F)F)ccc1F. The van der Waals surface area contributed by atoms with Crippen LogP contribution in [0.1, 0.15) is 10.4 Å². The van der Waals surface area contributed by atoms with Gasteiger partial charge in [0.1, 0.15) is 5.82 Å². The Balaban J connectivity index is 2.98. The molecule has 3 N–H and O–H groups in total. The number of rotatable bonds is 4. The number of nitrogens with two attached hydrogens (primary N) is 1. The first kappa shape index (κ1) is 14.9. The molecular weight excluding hydrogens is 275 g/mol. The zero-order valence-electron chi connectivity index (χ0n) is 9.09. The molecule has 0 radical (unpaired) electrons. The molecule has 104 valence electrons. The first-order valence-electron chi connectivity index (χ1n) is 4.73. The minimum Gasteiger partial charge on any atom is -0.366 e. The normalized spacial score (nSPS) is 11.5. The number of halogens is 5. The van der Waals surface area contributed by atoms with Gasteiger partial charge in [-0.25, -0.2) is 13.2 Å². The largest absolute Gasteiger partial charge is 0.383 e. The zero-order valence-corrected chi connectivity index (χ0v) is 9.09. The number of carbonyl (C=O) groups is 2. The van der Waals surface area contributed by atoms with E-state index in [9.17, 15) is 31.5 Å². The molecule has 0 fully saturated rings. The van der Waals surface area contributed by atoms with Crippen LogP contribution >= 0.6 is 0 Å². The van der Waals surface area contributed by atoms with Crippen LogP contribution in [-0.2, 0) is 4.79 Å². The van der Waals surface area contributed by atoms with E-state index in [0.717, 1.165) is 6.07 Å². The molecule has 1 aromatic carbocycles. The zero-order chi connectivity index (χ0) is 14.8. The molecule has 0 aliphatic heterocycles. The summed E-state index contributed by atoms with van der Waals surface area (Å²) in [5.74, 6) is -9.41. The number of amides is 2. The van der Waals surface area contributed by atoms with E-state index in [-0.39, 0.29) is 0 Å². The molecule has 2 amide bonds. The van der Waals surface area contributed by atoms with Gasteiger partial charge in [-0.15, -0.1) is 0 Å². The van der Waals surface area contributed by atoms with E-state index in [0.29, 0.717) is 12.1 Å². The summed E-state index contributed by atoms with van der Waals surface area (Å²) in [6.45, 7) is 0. The summed E-state index contributed by atoms with van der Waals surface area (Å²) in [6, 6.07) is 2.16. The van der Waals surface area contributed by atoms with Crippen molar-refractivity contribution < 1.29 is 31.5 Å². The molecule has 0 aromatic heterocycles. The second-order valence-corrected chi connectivity index (χ2v) is 3.44. The molecule has 1 rings (SSSR count). The number of hydrogen-bond acceptors (Lipinski definition) is 2. The van der Waals surface area contributed by atoms with Gasteiger partial charge in [0.15, 0.2) is 0 Å². The molecule has 0 spiro atoms. The Labute approximate surface area is 103 Å². The first-order chi connectivity index (χ1) is 8.66. The highest BCUT2D eigenvalue weighted by atomic mass is 19.3. The van der Waals surface area contributed by atoms with Crippen molar-refractivity contribution >= 4 is 17.5 Å². The molecular formula is C10H7F5N2O2. The van der Waals surface area contributed by atoms with Gasteiger partial charge in [-0.2, -0.15) is 8.78 Å². The van der Waals surface area contributed by atoms with Crippen LogP contribution in [0.3, 0.4) is 0 Å². The lowest BCUT2D eigenvalue weighted by Gasteiger charge is -2.15. The monoisotopic (exact) mass is 282 g/mol. The van der Waals surface area contributed by atoms with Crippen molar-refractivity contribution in [3.05, 3.63) is 29.6 Å². The maximum Gasteiger partial charge on any atom is 0.383 e. The summed E-state index contributed by atoms with van der Waals surface area (Å²) in [6.07, 6.45) is -4.19. The maximum absolute atomic E-state index is 13.0. The van der Waals surface area contributed by atoms with E-state index >= 15 is 0 Å². The third-order valence-electron chi connectivity index (χ3n) is 2.07. The molecule has 0 aliphatic rings. The highest BCUT2D eigenvalue weighted by molar-refractivity contribution is 5.99. The number of benzene rings is 1. The minimum atomic E-state index is -4.90. The van der Waals surface area contributed by atoms with Gasteiger partial charge in [0.2, 0.25) is 0 Å². The van der Waals surface area contributed by atoms with Crippen molar-refractivity contribution in [1.29, 1.82) is 0 Å². The van der Waals surface area contributed by atoms with Gasteiger partial charge in [0, 0.05) is 5.69 Å². The van der Waals surface area contributed by atoms with Crippen molar-refractivity contribution in [1.82, 2.24) is 0 Å². The summed E-state index contributed by atoms with van der Waals surface area (Å²) in [5.41, 5.74) is 3.66. The molecule has 0 heterocycles. The summed E-state index contributed by atoms with van der Waals surface area (Å²) in [4.78, 5) is 21.7. The molecule has 0 atom stereocenters. The van der Waals surface area contributed by atoms with E-state index in [1.165, 1.54) is 5.32 Å². The quantitative estimate of drug-likeness (QED) is 0.826. The fraction of sp³-hybridized carbons (Fsp3) is 0.200. The summed E-state index contributed by atoms with van der Waals surface area (Å²) >= 11 is 0. The van der Waals surface area contributed by atoms with Gasteiger partial charge in [-0.1, -0.05) is 0 Å². The number of carbonyl (C=O) groups excluding carboxylic acids is 2. The number of primary amides is 1. The Morgan fingerprint density at radius 2 is 1.84 bits per heavy atom. The van der Waals surface area contributed by atoms with Gasteiger partial charge >= 0.3 is 18.3 Å². The van der Waals surface area contributed by atoms with Gasteiger partial charge < -0.3 is 11.1 Å². The topological polar surface area (TPSA) is 72.2 Å². The van der Waals surface area contributed by atoms with Gasteiger partial charge in [-0.3, -0.25) is 9.59 Å². The molecule has 19 heavy (non-hydrogen) atoms. The molecule has 9 heteroatoms. The average molecular weight is 282 g/mol. The van der Waals surface area contributed by atoms with Gasteiger partial charge in [0.25, 0.3) is 5.91 Å². The van der Waals surface area contributed by atoms with Crippen LogP contribution in [0, 0.1) is 5.82 Å². The van der Waals surface area contributed by atoms with Gasteiger partial charge in [0.05, 0.1) is 5.56 Å². The average Bonchev–Trinajstić information content (AvgIpc) is 2.30. The Morgan fingerprint density at radius 3 is 2.32 bits per heavy atom. The molecule has 0 unspecified atom stereocenters. The van der Waals surface area contributed by atoms with E-state index in [1.807, 2.05) is 0 Å². The third-order valence-corrected chi connectivity index (χ3v) is 2.07. The second kappa shape index (κ2) is 5.21. The first-order valence-corrected chi connectivity index (χ1v) is 4.73. The van der Waals surface area contributed by atoms with Crippen molar-refractivity contribution in [2.45, 2.75) is 12.3 Å². The van der Waals surface area contributed by atoms with Gasteiger partial charge in [-0.05, 0) is 18.2 Å². The lowest BCUT2D eigenvalue weighted by atomic mass is 10.1. The lowest BCUT2D eigenvalue weighted by Crippen LogP contribution is -2.41. The van der Waals surface area contributed by atoms with Crippen molar-refractivity contribution in [2.24, 2.45) is 5.73 Å². The Bertz CT molecular complexity index is 519. The highest BCUT2D eigenvalue weighted by Crippen LogP contribution is 2.25. The number of alkyl halides is 4. The van der Waals surface area contributed by atoms with Crippen LogP contribution in [0.25, 0.3) is 0 Å². The van der Waals surface area contributed by atoms with E-state index in [2.05, 4.69) is 0 Å². The fourth-order valence-electron chi connectivity index (χ4n) is 1.11. The predicted octanol–water partition coefficient (Wildman–Crippen LogP) is 1.76. The van der Waals surface area contributed by atoms with Crippen LogP contribution in [0.15, 0.2) is 18.2 Å². The summed E-state index contributed by atoms with van der Waals surface area (Å²) in [7, 11) is 0. The fourth-order valence-corrected chi connectivity index (χ4v) is 1.11. The van der Waals surface area contributed by atoms with Crippen molar-refractivity contribution in [2.75, 3.05) is 5.32 Å². The molecule has 0 saturated carbocycles. The molecule has 1 aromatic rings. The van der Waals surface area contributed by atoms with Crippen LogP contribution in [-0.4, -0.2) is 24.2 Å². The molecule has 0 aliphatic carbocycles. The number of anilines is 1. The van der Waals surface area contributed by atoms with E-state index in [4.69, 9.17) is 5.73 Å². The molecule has 0 saturated heterocycles. The van der Waals surface area contributed by atoms with E-state index < -0.39 is 41.2 Å². The lowest BCUT2D eigenvalue weighted by molar-refractivity contribution is -0.163. The second-order valence-electron chi connectivity index (χ2n) is 3.44. The van der Waals surface area contributed by atoms with Crippen LogP contribution in [0.5, 0.6) is 0 Å². The molecule has 0 bridgehead atoms. The Kier molecular flexibility index (Phi) is 4.07. The maximum atomic E-state index is 13.0. The summed E-state index contributed by atoms with van der Waals surface area (Å²) < 4.78 is 62.1. The van der Waals surface area contributed by atoms with Crippen LogP contribution in [0.4, 0.5) is 27.6 Å².